The van der Waals surface area contributed by atoms with E-state index >= 15 is 0 Å². The Kier molecular flexibility index (Phi) is 2.16. The normalized spacial score (nSPS) is 57.6. The summed E-state index contributed by atoms with van der Waals surface area (Å²) in [7, 11) is 0. The molecule has 5 saturated carbocycles. The Morgan fingerprint density at radius 2 is 1.70 bits per heavy atom. The maximum Gasteiger partial charge on any atom is 0.323 e. The lowest BCUT2D eigenvalue weighted by Crippen LogP contribution is -2.57. The maximum absolute atomic E-state index is 12.7. The van der Waals surface area contributed by atoms with Gasteiger partial charge in [-0.15, -0.1) is 0 Å². The molecule has 7 rings (SSSR count). The molecule has 4 bridgehead atoms. The highest BCUT2D eigenvalue weighted by Gasteiger charge is 2.94. The highest BCUT2D eigenvalue weighted by Crippen LogP contribution is 2.91. The highest BCUT2D eigenvalue weighted by atomic mass is 16.6. The van der Waals surface area contributed by atoms with Crippen molar-refractivity contribution in [2.24, 2.45) is 53.3 Å². The Balaban J connectivity index is 1.46. The van der Waals surface area contributed by atoms with Crippen LogP contribution in [0.5, 0.6) is 0 Å². The lowest BCUT2D eigenvalue weighted by molar-refractivity contribution is -0.180. The van der Waals surface area contributed by atoms with E-state index in [1.807, 2.05) is 0 Å². The molecule has 7 aliphatic rings. The Hall–Kier alpha value is -1.10. The van der Waals surface area contributed by atoms with Crippen molar-refractivity contribution in [3.8, 4) is 0 Å². The molecule has 0 N–H and O–H groups in total. The quantitative estimate of drug-likeness (QED) is 0.564. The van der Waals surface area contributed by atoms with Gasteiger partial charge < -0.3 is 14.2 Å². The van der Waals surface area contributed by atoms with Crippen LogP contribution in [-0.2, 0) is 23.8 Å². The van der Waals surface area contributed by atoms with Crippen molar-refractivity contribution < 1.29 is 23.8 Å². The largest absolute Gasteiger partial charge is 0.465 e. The SMILES string of the molecule is CCOC(=O)C(C(=O)OCC)C12OC3C4C5C(C6C[C@H]5C3C61)C42. The molecule has 2 saturated heterocycles. The van der Waals surface area contributed by atoms with Gasteiger partial charge in [0.25, 0.3) is 0 Å². The Morgan fingerprint density at radius 1 is 1.00 bits per heavy atom. The van der Waals surface area contributed by atoms with Gasteiger partial charge in [-0.2, -0.15) is 0 Å². The van der Waals surface area contributed by atoms with Crippen LogP contribution in [-0.4, -0.2) is 36.9 Å². The van der Waals surface area contributed by atoms with Crippen molar-refractivity contribution in [2.45, 2.75) is 32.0 Å². The van der Waals surface area contributed by atoms with Gasteiger partial charge in [-0.3, -0.25) is 9.59 Å². The molecule has 0 amide bonds. The number of hydrogen-bond donors (Lipinski definition) is 0. The minimum absolute atomic E-state index is 0.286. The van der Waals surface area contributed by atoms with E-state index < -0.39 is 23.5 Å². The molecule has 0 spiro atoms. The first-order valence-electron chi connectivity index (χ1n) is 9.17. The molecule has 2 heterocycles. The summed E-state index contributed by atoms with van der Waals surface area (Å²) in [6.45, 7) is 4.14. The number of carbonyl (C=O) groups excluding carboxylic acids is 2. The summed E-state index contributed by atoms with van der Waals surface area (Å²) in [6, 6.07) is 0. The molecule has 2 aliphatic heterocycles. The van der Waals surface area contributed by atoms with Crippen molar-refractivity contribution in [1.29, 1.82) is 0 Å². The standard InChI is InChI=1S/C18H22O5/c1-3-21-16(19)14(17(20)22-4-2)18-12-7-5-6-8-9(7)13(18)11(8)15(23-18)10(6)12/h6-15H,3-5H2,1-2H3/t6-,7?,8?,9?,10?,11?,12?,13?,15?,18?/m1/s1. The Bertz CT molecular complexity index is 603. The molecule has 124 valence electrons. The van der Waals surface area contributed by atoms with Crippen LogP contribution in [0.25, 0.3) is 0 Å². The molecule has 0 radical (unpaired) electrons. The number of carbonyl (C=O) groups is 2. The summed E-state index contributed by atoms with van der Waals surface area (Å²) in [6.07, 6.45) is 1.60. The number of hydrogen-bond acceptors (Lipinski definition) is 5. The summed E-state index contributed by atoms with van der Waals surface area (Å²) in [5, 5.41) is 0. The summed E-state index contributed by atoms with van der Waals surface area (Å²) in [5.74, 6) is 3.25. The van der Waals surface area contributed by atoms with E-state index in [1.54, 1.807) is 13.8 Å². The van der Waals surface area contributed by atoms with E-state index in [9.17, 15) is 9.59 Å². The van der Waals surface area contributed by atoms with E-state index in [2.05, 4.69) is 0 Å². The van der Waals surface area contributed by atoms with Crippen LogP contribution in [0.1, 0.15) is 20.3 Å². The van der Waals surface area contributed by atoms with Crippen molar-refractivity contribution in [3.05, 3.63) is 0 Å². The average molecular weight is 318 g/mol. The number of rotatable bonds is 5. The molecule has 9 unspecified atom stereocenters. The van der Waals surface area contributed by atoms with Crippen LogP contribution < -0.4 is 0 Å². The smallest absolute Gasteiger partial charge is 0.323 e. The van der Waals surface area contributed by atoms with Crippen LogP contribution in [0.4, 0.5) is 0 Å². The van der Waals surface area contributed by atoms with Crippen molar-refractivity contribution >= 4 is 11.9 Å². The van der Waals surface area contributed by atoms with Crippen LogP contribution in [0, 0.1) is 53.3 Å². The van der Waals surface area contributed by atoms with Gasteiger partial charge in [0.1, 0.15) is 0 Å². The zero-order chi connectivity index (χ0) is 15.7. The van der Waals surface area contributed by atoms with Gasteiger partial charge in [-0.1, -0.05) is 0 Å². The van der Waals surface area contributed by atoms with Crippen molar-refractivity contribution in [2.75, 3.05) is 13.2 Å². The molecule has 0 aromatic carbocycles. The predicted octanol–water partition coefficient (Wildman–Crippen LogP) is 1.25. The third-order valence-corrected chi connectivity index (χ3v) is 8.26. The lowest BCUT2D eigenvalue weighted by atomic mass is 9.55. The zero-order valence-electron chi connectivity index (χ0n) is 13.4. The van der Waals surface area contributed by atoms with Gasteiger partial charge in [-0.05, 0) is 67.6 Å². The molecule has 10 atom stereocenters. The minimum Gasteiger partial charge on any atom is -0.465 e. The predicted molar refractivity (Wildman–Crippen MR) is 76.9 cm³/mol. The van der Waals surface area contributed by atoms with E-state index in [0.717, 1.165) is 11.8 Å². The summed E-state index contributed by atoms with van der Waals surface area (Å²) in [5.41, 5.74) is -0.602. The number of ether oxygens (including phenoxy) is 3. The fraction of sp³-hybridized carbons (Fsp3) is 0.889. The van der Waals surface area contributed by atoms with E-state index in [1.165, 1.54) is 6.42 Å². The van der Waals surface area contributed by atoms with Crippen LogP contribution >= 0.6 is 0 Å². The first-order chi connectivity index (χ1) is 11.2. The monoisotopic (exact) mass is 318 g/mol. The summed E-state index contributed by atoms with van der Waals surface area (Å²) >= 11 is 0. The second-order valence-corrected chi connectivity index (χ2v) is 8.30. The van der Waals surface area contributed by atoms with Gasteiger partial charge in [-0.25, -0.2) is 0 Å². The Labute approximate surface area is 135 Å². The molecule has 5 aliphatic carbocycles. The summed E-state index contributed by atoms with van der Waals surface area (Å²) < 4.78 is 17.1. The van der Waals surface area contributed by atoms with E-state index in [4.69, 9.17) is 14.2 Å². The Morgan fingerprint density at radius 3 is 2.35 bits per heavy atom. The van der Waals surface area contributed by atoms with Crippen molar-refractivity contribution in [1.82, 2.24) is 0 Å². The molecule has 0 aromatic rings. The average Bonchev–Trinajstić information content (AvgIpc) is 3.12. The van der Waals surface area contributed by atoms with Gasteiger partial charge in [0.05, 0.1) is 24.9 Å². The van der Waals surface area contributed by atoms with Gasteiger partial charge in [0, 0.05) is 0 Å². The van der Waals surface area contributed by atoms with E-state index in [0.29, 0.717) is 41.6 Å². The molecular formula is C18H22O5. The zero-order valence-corrected chi connectivity index (χ0v) is 13.4. The maximum atomic E-state index is 12.7. The van der Waals surface area contributed by atoms with Gasteiger partial charge in [0.15, 0.2) is 5.92 Å². The molecule has 0 aromatic heterocycles. The lowest BCUT2D eigenvalue weighted by Gasteiger charge is -2.46. The third-order valence-electron chi connectivity index (χ3n) is 8.26. The van der Waals surface area contributed by atoms with Crippen LogP contribution in [0.3, 0.4) is 0 Å². The number of esters is 2. The molecule has 5 nitrogen and oxygen atoms in total. The second kappa shape index (κ2) is 3.76. The molecular weight excluding hydrogens is 296 g/mol. The fourth-order valence-electron chi connectivity index (χ4n) is 8.46. The molecule has 7 fully saturated rings. The van der Waals surface area contributed by atoms with Gasteiger partial charge in [0.2, 0.25) is 0 Å². The first kappa shape index (κ1) is 13.2. The van der Waals surface area contributed by atoms with Crippen LogP contribution in [0.15, 0.2) is 0 Å². The molecule has 5 heteroatoms. The first-order valence-corrected chi connectivity index (χ1v) is 9.17. The third kappa shape index (κ3) is 1.06. The highest BCUT2D eigenvalue weighted by molar-refractivity contribution is 5.97. The molecule has 23 heavy (non-hydrogen) atoms. The van der Waals surface area contributed by atoms with Gasteiger partial charge >= 0.3 is 11.9 Å². The fourth-order valence-corrected chi connectivity index (χ4v) is 8.46. The van der Waals surface area contributed by atoms with Crippen LogP contribution in [0.2, 0.25) is 0 Å². The second-order valence-electron chi connectivity index (χ2n) is 8.30. The van der Waals surface area contributed by atoms with E-state index in [-0.39, 0.29) is 13.2 Å². The topological polar surface area (TPSA) is 61.8 Å². The minimum atomic E-state index is -0.875. The van der Waals surface area contributed by atoms with Crippen molar-refractivity contribution in [3.63, 3.8) is 0 Å². The summed E-state index contributed by atoms with van der Waals surface area (Å²) in [4.78, 5) is 25.4.